The van der Waals surface area contributed by atoms with Crippen molar-refractivity contribution >= 4 is 12.0 Å². The van der Waals surface area contributed by atoms with Gasteiger partial charge in [0.05, 0.1) is 0 Å². The van der Waals surface area contributed by atoms with Gasteiger partial charge in [-0.1, -0.05) is 51.0 Å². The molecule has 0 heterocycles. The monoisotopic (exact) mass is 316 g/mol. The maximum atomic E-state index is 11.5. The lowest BCUT2D eigenvalue weighted by molar-refractivity contribution is -0.131. The Kier molecular flexibility index (Phi) is 9.07. The van der Waals surface area contributed by atoms with E-state index in [1.54, 1.807) is 6.07 Å². The first-order valence-corrected chi connectivity index (χ1v) is 8.02. The summed E-state index contributed by atoms with van der Waals surface area (Å²) in [6.45, 7) is 2.19. The fourth-order valence-electron chi connectivity index (χ4n) is 1.97. The molecule has 1 aromatic carbocycles. The minimum Gasteiger partial charge on any atom is -0.504 e. The Morgan fingerprint density at radius 1 is 1.13 bits per heavy atom. The van der Waals surface area contributed by atoms with Crippen molar-refractivity contribution in [2.45, 2.75) is 51.9 Å². The van der Waals surface area contributed by atoms with E-state index in [1.807, 2.05) is 0 Å². The van der Waals surface area contributed by atoms with Crippen molar-refractivity contribution in [3.63, 3.8) is 0 Å². The third-order valence-corrected chi connectivity index (χ3v) is 3.29. The highest BCUT2D eigenvalue weighted by molar-refractivity contribution is 5.87. The van der Waals surface area contributed by atoms with Crippen LogP contribution in [-0.4, -0.2) is 16.2 Å². The number of esters is 1. The first-order valence-electron chi connectivity index (χ1n) is 8.02. The zero-order chi connectivity index (χ0) is 16.9. The molecular weight excluding hydrogens is 292 g/mol. The Labute approximate surface area is 137 Å². The number of hydrogen-bond donors (Lipinski definition) is 2. The van der Waals surface area contributed by atoms with Gasteiger partial charge in [0.2, 0.25) is 0 Å². The van der Waals surface area contributed by atoms with E-state index in [9.17, 15) is 15.0 Å². The zero-order valence-corrected chi connectivity index (χ0v) is 13.5. The maximum absolute atomic E-state index is 11.5. The molecule has 0 aliphatic carbocycles. The minimum absolute atomic E-state index is 0.203. The molecule has 0 radical (unpaired) electrons. The summed E-state index contributed by atoms with van der Waals surface area (Å²) in [6, 6.07) is 4.27. The molecule has 0 aromatic heterocycles. The highest BCUT2D eigenvalue weighted by Crippen LogP contribution is 2.25. The van der Waals surface area contributed by atoms with E-state index >= 15 is 0 Å². The van der Waals surface area contributed by atoms with Crippen LogP contribution in [0.2, 0.25) is 0 Å². The molecule has 23 heavy (non-hydrogen) atoms. The van der Waals surface area contributed by atoms with Crippen molar-refractivity contribution in [2.24, 2.45) is 0 Å². The van der Waals surface area contributed by atoms with Gasteiger partial charge in [-0.3, -0.25) is 0 Å². The summed E-state index contributed by atoms with van der Waals surface area (Å²) in [5, 5.41) is 18.5. The molecule has 2 N–H and O–H groups in total. The van der Waals surface area contributed by atoms with Crippen LogP contribution in [0, 0.1) is 12.0 Å². The third-order valence-electron chi connectivity index (χ3n) is 3.29. The summed E-state index contributed by atoms with van der Waals surface area (Å²) in [7, 11) is 0. The predicted molar refractivity (Wildman–Crippen MR) is 90.7 cm³/mol. The highest BCUT2D eigenvalue weighted by Gasteiger charge is 1.99. The number of phenolic OH excluding ortho intramolecular Hbond substituents is 2. The zero-order valence-electron chi connectivity index (χ0n) is 13.5. The number of phenols is 2. The topological polar surface area (TPSA) is 66.8 Å². The molecule has 0 saturated heterocycles. The number of ether oxygens (including phenoxy) is 1. The SMILES string of the molecule is CCCCCCCCC#COC(=O)C=Cc1ccc(O)c(O)c1. The summed E-state index contributed by atoms with van der Waals surface area (Å²) in [6.07, 6.45) is 13.1. The van der Waals surface area contributed by atoms with E-state index in [-0.39, 0.29) is 11.5 Å². The molecule has 0 aliphatic rings. The van der Waals surface area contributed by atoms with Crippen LogP contribution in [0.25, 0.3) is 6.08 Å². The van der Waals surface area contributed by atoms with E-state index < -0.39 is 5.97 Å². The van der Waals surface area contributed by atoms with Gasteiger partial charge in [0.15, 0.2) is 11.5 Å². The maximum Gasteiger partial charge on any atom is 0.344 e. The molecule has 0 bridgehead atoms. The van der Waals surface area contributed by atoms with Crippen LogP contribution < -0.4 is 0 Å². The lowest BCUT2D eigenvalue weighted by Gasteiger charge is -1.98. The fraction of sp³-hybridized carbons (Fsp3) is 0.421. The molecule has 1 rings (SSSR count). The lowest BCUT2D eigenvalue weighted by atomic mass is 10.1. The van der Waals surface area contributed by atoms with Crippen LogP contribution in [-0.2, 0) is 9.53 Å². The predicted octanol–water partition coefficient (Wildman–Crippen LogP) is 4.37. The van der Waals surface area contributed by atoms with Crippen molar-refractivity contribution in [3.8, 4) is 23.5 Å². The number of benzene rings is 1. The van der Waals surface area contributed by atoms with E-state index in [0.717, 1.165) is 19.3 Å². The first-order chi connectivity index (χ1) is 11.1. The van der Waals surface area contributed by atoms with Crippen molar-refractivity contribution < 1.29 is 19.7 Å². The number of rotatable bonds is 8. The smallest absolute Gasteiger partial charge is 0.344 e. The van der Waals surface area contributed by atoms with Gasteiger partial charge in [0.1, 0.15) is 6.11 Å². The van der Waals surface area contributed by atoms with Gasteiger partial charge >= 0.3 is 5.97 Å². The van der Waals surface area contributed by atoms with Gasteiger partial charge in [0, 0.05) is 12.5 Å². The summed E-state index contributed by atoms with van der Waals surface area (Å²) >= 11 is 0. The summed E-state index contributed by atoms with van der Waals surface area (Å²) in [5.41, 5.74) is 0.581. The normalized spacial score (nSPS) is 10.3. The molecule has 0 amide bonds. The van der Waals surface area contributed by atoms with Crippen molar-refractivity contribution in [2.75, 3.05) is 0 Å². The van der Waals surface area contributed by atoms with Crippen molar-refractivity contribution in [1.82, 2.24) is 0 Å². The van der Waals surface area contributed by atoms with Crippen molar-refractivity contribution in [3.05, 3.63) is 29.8 Å². The van der Waals surface area contributed by atoms with Gasteiger partial charge in [-0.15, -0.1) is 0 Å². The van der Waals surface area contributed by atoms with Gasteiger partial charge in [-0.25, -0.2) is 4.79 Å². The Balaban J connectivity index is 2.22. The molecule has 1 aromatic rings. The second-order valence-corrected chi connectivity index (χ2v) is 5.30. The largest absolute Gasteiger partial charge is 0.504 e. The average Bonchev–Trinajstić information content (AvgIpc) is 2.54. The number of carbonyl (C=O) groups is 1. The Morgan fingerprint density at radius 2 is 1.87 bits per heavy atom. The van der Waals surface area contributed by atoms with Crippen molar-refractivity contribution in [1.29, 1.82) is 0 Å². The molecule has 0 spiro atoms. The second-order valence-electron chi connectivity index (χ2n) is 5.30. The van der Waals surface area contributed by atoms with Gasteiger partial charge in [-0.2, -0.15) is 0 Å². The summed E-state index contributed by atoms with van der Waals surface area (Å²) in [5.74, 6) is 1.82. The molecule has 0 aliphatic heterocycles. The Morgan fingerprint density at radius 3 is 2.61 bits per heavy atom. The van der Waals surface area contributed by atoms with Crippen LogP contribution in [0.1, 0.15) is 57.4 Å². The standard InChI is InChI=1S/C19H24O4/c1-2-3-4-5-6-7-8-9-14-23-19(22)13-11-16-10-12-17(20)18(21)15-16/h10-13,15,20-21H,2-8H2,1H3. The fourth-order valence-corrected chi connectivity index (χ4v) is 1.97. The van der Waals surface area contributed by atoms with Crippen LogP contribution in [0.3, 0.4) is 0 Å². The Bertz CT molecular complexity index is 579. The van der Waals surface area contributed by atoms with Crippen LogP contribution >= 0.6 is 0 Å². The van der Waals surface area contributed by atoms with Gasteiger partial charge in [0.25, 0.3) is 0 Å². The van der Waals surface area contributed by atoms with E-state index in [2.05, 4.69) is 19.0 Å². The third kappa shape index (κ3) is 8.57. The highest BCUT2D eigenvalue weighted by atomic mass is 16.5. The second kappa shape index (κ2) is 11.2. The van der Waals surface area contributed by atoms with E-state index in [1.165, 1.54) is 50.0 Å². The molecule has 4 nitrogen and oxygen atoms in total. The number of hydrogen-bond acceptors (Lipinski definition) is 4. The van der Waals surface area contributed by atoms with Gasteiger partial charge < -0.3 is 14.9 Å². The molecule has 0 atom stereocenters. The molecule has 0 fully saturated rings. The van der Waals surface area contributed by atoms with E-state index in [4.69, 9.17) is 4.74 Å². The number of aromatic hydroxyl groups is 2. The van der Waals surface area contributed by atoms with Crippen LogP contribution in [0.4, 0.5) is 0 Å². The molecule has 124 valence electrons. The van der Waals surface area contributed by atoms with E-state index in [0.29, 0.717) is 5.56 Å². The number of unbranched alkanes of at least 4 members (excludes halogenated alkanes) is 6. The molecular formula is C19H24O4. The summed E-state index contributed by atoms with van der Waals surface area (Å²) < 4.78 is 4.76. The number of carbonyl (C=O) groups excluding carboxylic acids is 1. The first kappa shape index (κ1) is 18.6. The average molecular weight is 316 g/mol. The minimum atomic E-state index is -0.562. The molecule has 4 heteroatoms. The Hall–Kier alpha value is -2.41. The lowest BCUT2D eigenvalue weighted by Crippen LogP contribution is -1.93. The summed E-state index contributed by atoms with van der Waals surface area (Å²) in [4.78, 5) is 11.5. The van der Waals surface area contributed by atoms with Crippen LogP contribution in [0.15, 0.2) is 24.3 Å². The quantitative estimate of drug-likeness (QED) is 0.246. The molecule has 0 saturated carbocycles. The van der Waals surface area contributed by atoms with Gasteiger partial charge in [-0.05, 0) is 30.2 Å². The molecule has 0 unspecified atom stereocenters. The van der Waals surface area contributed by atoms with Crippen LogP contribution in [0.5, 0.6) is 11.5 Å².